The van der Waals surface area contributed by atoms with Crippen molar-refractivity contribution in [1.82, 2.24) is 0 Å². The minimum Gasteiger partial charge on any atom is -0.481 e. The molecule has 1 unspecified atom stereocenters. The molecule has 88 valence electrons. The molecule has 4 heteroatoms. The Morgan fingerprint density at radius 2 is 1.94 bits per heavy atom. The molecule has 3 nitrogen and oxygen atoms in total. The number of carboxylic acids is 1. The van der Waals surface area contributed by atoms with Crippen LogP contribution in [0.15, 0.2) is 24.3 Å². The lowest BCUT2D eigenvalue weighted by molar-refractivity contribution is -0.138. The third-order valence-electron chi connectivity index (χ3n) is 2.38. The van der Waals surface area contributed by atoms with Crippen LogP contribution >= 0.6 is 11.6 Å². The summed E-state index contributed by atoms with van der Waals surface area (Å²) in [6.45, 7) is 1.64. The van der Waals surface area contributed by atoms with Crippen LogP contribution in [0, 0.1) is 0 Å². The van der Waals surface area contributed by atoms with E-state index < -0.39 is 11.6 Å². The Morgan fingerprint density at radius 1 is 1.38 bits per heavy atom. The van der Waals surface area contributed by atoms with Gasteiger partial charge in [-0.2, -0.15) is 0 Å². The van der Waals surface area contributed by atoms with Gasteiger partial charge in [-0.25, -0.2) is 0 Å². The van der Waals surface area contributed by atoms with Crippen molar-refractivity contribution in [3.63, 3.8) is 0 Å². The lowest BCUT2D eigenvalue weighted by atomic mass is 9.92. The van der Waals surface area contributed by atoms with E-state index in [2.05, 4.69) is 0 Å². The number of hydrogen-bond donors (Lipinski definition) is 2. The summed E-state index contributed by atoms with van der Waals surface area (Å²) >= 11 is 5.75. The van der Waals surface area contributed by atoms with Crippen molar-refractivity contribution in [2.45, 2.75) is 31.8 Å². The molecule has 0 saturated carbocycles. The first-order valence-electron chi connectivity index (χ1n) is 5.08. The summed E-state index contributed by atoms with van der Waals surface area (Å²) in [5.41, 5.74) is -0.0496. The molecule has 1 rings (SSSR count). The Morgan fingerprint density at radius 3 is 2.44 bits per heavy atom. The van der Waals surface area contributed by atoms with Gasteiger partial charge >= 0.3 is 5.97 Å². The monoisotopic (exact) mass is 242 g/mol. The number of rotatable bonds is 5. The van der Waals surface area contributed by atoms with Gasteiger partial charge in [0.15, 0.2) is 0 Å². The lowest BCUT2D eigenvalue weighted by Crippen LogP contribution is -2.28. The Kier molecular flexibility index (Phi) is 4.33. The fourth-order valence-electron chi connectivity index (χ4n) is 1.51. The van der Waals surface area contributed by atoms with E-state index in [4.69, 9.17) is 16.7 Å². The third-order valence-corrected chi connectivity index (χ3v) is 2.63. The van der Waals surface area contributed by atoms with Gasteiger partial charge in [0, 0.05) is 17.9 Å². The molecule has 0 aromatic heterocycles. The summed E-state index contributed by atoms with van der Waals surface area (Å²) in [4.78, 5) is 10.4. The molecule has 16 heavy (non-hydrogen) atoms. The first kappa shape index (κ1) is 13.0. The molecule has 0 aliphatic heterocycles. The van der Waals surface area contributed by atoms with E-state index >= 15 is 0 Å². The highest BCUT2D eigenvalue weighted by Crippen LogP contribution is 2.20. The standard InChI is InChI=1S/C12H15ClO3/c1-12(16,7-6-11(14)15)8-9-2-4-10(13)5-3-9/h2-5,16H,6-8H2,1H3,(H,14,15). The van der Waals surface area contributed by atoms with Crippen LogP contribution in [-0.4, -0.2) is 21.8 Å². The van der Waals surface area contributed by atoms with Crippen LogP contribution in [0.1, 0.15) is 25.3 Å². The van der Waals surface area contributed by atoms with Crippen LogP contribution in [-0.2, 0) is 11.2 Å². The van der Waals surface area contributed by atoms with Gasteiger partial charge in [-0.15, -0.1) is 0 Å². The van der Waals surface area contributed by atoms with E-state index in [9.17, 15) is 9.90 Å². The topological polar surface area (TPSA) is 57.5 Å². The Balaban J connectivity index is 2.57. The maximum atomic E-state index is 10.4. The summed E-state index contributed by atoms with van der Waals surface area (Å²) in [5.74, 6) is -0.892. The molecule has 0 bridgehead atoms. The fraction of sp³-hybridized carbons (Fsp3) is 0.417. The zero-order valence-electron chi connectivity index (χ0n) is 9.11. The zero-order chi connectivity index (χ0) is 12.2. The average Bonchev–Trinajstić information content (AvgIpc) is 2.19. The highest BCUT2D eigenvalue weighted by Gasteiger charge is 2.21. The summed E-state index contributed by atoms with van der Waals surface area (Å²) in [6, 6.07) is 7.17. The predicted octanol–water partition coefficient (Wildman–Crippen LogP) is 2.50. The van der Waals surface area contributed by atoms with Crippen LogP contribution in [0.25, 0.3) is 0 Å². The normalized spacial score (nSPS) is 14.4. The molecule has 0 spiro atoms. The summed E-state index contributed by atoms with van der Waals surface area (Å²) in [7, 11) is 0. The van der Waals surface area contributed by atoms with Crippen molar-refractivity contribution in [2.75, 3.05) is 0 Å². The van der Waals surface area contributed by atoms with E-state index in [0.717, 1.165) is 5.56 Å². The number of aliphatic hydroxyl groups is 1. The SMILES string of the molecule is CC(O)(CCC(=O)O)Cc1ccc(Cl)cc1. The zero-order valence-corrected chi connectivity index (χ0v) is 9.87. The number of benzene rings is 1. The number of carbonyl (C=O) groups is 1. The van der Waals surface area contributed by atoms with Crippen LogP contribution in [0.4, 0.5) is 0 Å². The van der Waals surface area contributed by atoms with Gasteiger partial charge in [-0.05, 0) is 31.0 Å². The van der Waals surface area contributed by atoms with Crippen molar-refractivity contribution in [1.29, 1.82) is 0 Å². The molecule has 0 heterocycles. The quantitative estimate of drug-likeness (QED) is 0.834. The van der Waals surface area contributed by atoms with Gasteiger partial charge < -0.3 is 10.2 Å². The van der Waals surface area contributed by atoms with Gasteiger partial charge in [0.2, 0.25) is 0 Å². The van der Waals surface area contributed by atoms with E-state index in [1.165, 1.54) is 0 Å². The van der Waals surface area contributed by atoms with Gasteiger partial charge in [-0.3, -0.25) is 4.79 Å². The van der Waals surface area contributed by atoms with Crippen molar-refractivity contribution in [3.05, 3.63) is 34.9 Å². The lowest BCUT2D eigenvalue weighted by Gasteiger charge is -2.22. The number of carboxylic acid groups (broad SMARTS) is 1. The minimum atomic E-state index is -0.994. The largest absolute Gasteiger partial charge is 0.481 e. The van der Waals surface area contributed by atoms with Crippen LogP contribution in [0.5, 0.6) is 0 Å². The Bertz CT molecular complexity index is 357. The maximum Gasteiger partial charge on any atom is 0.303 e. The molecule has 0 radical (unpaired) electrons. The Labute approximate surface area is 99.7 Å². The molecule has 0 saturated heterocycles. The van der Waals surface area contributed by atoms with Crippen molar-refractivity contribution in [2.24, 2.45) is 0 Å². The number of aliphatic carboxylic acids is 1. The fourth-order valence-corrected chi connectivity index (χ4v) is 1.63. The minimum absolute atomic E-state index is 0.0272. The first-order valence-corrected chi connectivity index (χ1v) is 5.45. The maximum absolute atomic E-state index is 10.4. The molecular formula is C12H15ClO3. The smallest absolute Gasteiger partial charge is 0.303 e. The predicted molar refractivity (Wildman–Crippen MR) is 62.6 cm³/mol. The molecule has 0 amide bonds. The third kappa shape index (κ3) is 4.64. The summed E-state index contributed by atoms with van der Waals surface area (Å²) in [6.07, 6.45) is 0.642. The molecule has 0 aliphatic carbocycles. The number of hydrogen-bond acceptors (Lipinski definition) is 2. The van der Waals surface area contributed by atoms with E-state index in [0.29, 0.717) is 11.4 Å². The first-order chi connectivity index (χ1) is 7.39. The summed E-state index contributed by atoms with van der Waals surface area (Å²) in [5, 5.41) is 19.2. The van der Waals surface area contributed by atoms with E-state index in [1.807, 2.05) is 12.1 Å². The molecule has 1 aromatic rings. The second-order valence-electron chi connectivity index (χ2n) is 4.19. The number of halogens is 1. The van der Waals surface area contributed by atoms with Crippen molar-refractivity contribution in [3.8, 4) is 0 Å². The van der Waals surface area contributed by atoms with E-state index in [1.54, 1.807) is 19.1 Å². The Hall–Kier alpha value is -1.06. The highest BCUT2D eigenvalue weighted by atomic mass is 35.5. The molecule has 1 atom stereocenters. The molecule has 2 N–H and O–H groups in total. The van der Waals surface area contributed by atoms with Crippen LogP contribution in [0.2, 0.25) is 5.02 Å². The van der Waals surface area contributed by atoms with Gasteiger partial charge in [0.25, 0.3) is 0 Å². The molecule has 0 aliphatic rings. The van der Waals surface area contributed by atoms with Crippen molar-refractivity contribution >= 4 is 17.6 Å². The van der Waals surface area contributed by atoms with Crippen molar-refractivity contribution < 1.29 is 15.0 Å². The molecule has 0 fully saturated rings. The van der Waals surface area contributed by atoms with Gasteiger partial charge in [0.05, 0.1) is 5.60 Å². The summed E-state index contributed by atoms with van der Waals surface area (Å²) < 4.78 is 0. The second-order valence-corrected chi connectivity index (χ2v) is 4.63. The van der Waals surface area contributed by atoms with Gasteiger partial charge in [-0.1, -0.05) is 23.7 Å². The molecule has 1 aromatic carbocycles. The van der Waals surface area contributed by atoms with Gasteiger partial charge in [0.1, 0.15) is 0 Å². The van der Waals surface area contributed by atoms with E-state index in [-0.39, 0.29) is 12.8 Å². The average molecular weight is 243 g/mol. The molecular weight excluding hydrogens is 228 g/mol. The second kappa shape index (κ2) is 5.32. The van der Waals surface area contributed by atoms with Crippen LogP contribution < -0.4 is 0 Å². The highest BCUT2D eigenvalue weighted by molar-refractivity contribution is 6.30. The van der Waals surface area contributed by atoms with Crippen LogP contribution in [0.3, 0.4) is 0 Å².